The lowest BCUT2D eigenvalue weighted by molar-refractivity contribution is 0.174. The summed E-state index contributed by atoms with van der Waals surface area (Å²) in [6, 6.07) is 4.40. The summed E-state index contributed by atoms with van der Waals surface area (Å²) >= 11 is 0. The fourth-order valence-electron chi connectivity index (χ4n) is 2.55. The highest BCUT2D eigenvalue weighted by atomic mass is 19.2. The van der Waals surface area contributed by atoms with E-state index in [0.29, 0.717) is 18.0 Å². The van der Waals surface area contributed by atoms with Crippen LogP contribution in [0.15, 0.2) is 18.2 Å². The summed E-state index contributed by atoms with van der Waals surface area (Å²) in [7, 11) is 1.97. The molecule has 100 valence electrons. The van der Waals surface area contributed by atoms with Crippen LogP contribution < -0.4 is 5.32 Å². The smallest absolute Gasteiger partial charge is 0.163 e. The summed E-state index contributed by atoms with van der Waals surface area (Å²) in [5, 5.41) is 3.19. The molecule has 1 heterocycles. The number of hydrogen-bond acceptors (Lipinski definition) is 2. The van der Waals surface area contributed by atoms with Crippen LogP contribution in [0.4, 0.5) is 8.78 Å². The van der Waals surface area contributed by atoms with E-state index in [1.807, 2.05) is 7.05 Å². The zero-order chi connectivity index (χ0) is 13.0. The van der Waals surface area contributed by atoms with Gasteiger partial charge in [0.05, 0.1) is 0 Å². The normalized spacial score (nSPS) is 18.2. The van der Waals surface area contributed by atoms with Gasteiger partial charge in [0, 0.05) is 12.1 Å². The second-order valence-electron chi connectivity index (χ2n) is 4.99. The number of hydrogen-bond donors (Lipinski definition) is 1. The minimum Gasteiger partial charge on any atom is -0.319 e. The number of rotatable bonds is 4. The molecule has 0 saturated carbocycles. The highest BCUT2D eigenvalue weighted by Crippen LogP contribution is 2.20. The molecular weight excluding hydrogens is 234 g/mol. The molecule has 1 aromatic carbocycles. The van der Waals surface area contributed by atoms with Crippen molar-refractivity contribution in [2.75, 3.05) is 26.7 Å². The van der Waals surface area contributed by atoms with Crippen molar-refractivity contribution >= 4 is 0 Å². The molecule has 0 aliphatic carbocycles. The third-order valence-electron chi connectivity index (χ3n) is 3.63. The van der Waals surface area contributed by atoms with Crippen LogP contribution in [0.3, 0.4) is 0 Å². The largest absolute Gasteiger partial charge is 0.319 e. The van der Waals surface area contributed by atoms with Gasteiger partial charge in [-0.3, -0.25) is 4.90 Å². The van der Waals surface area contributed by atoms with Crippen molar-refractivity contribution in [2.45, 2.75) is 19.4 Å². The molecule has 2 rings (SSSR count). The Morgan fingerprint density at radius 1 is 1.28 bits per heavy atom. The Balaban J connectivity index is 1.90. The minimum absolute atomic E-state index is 0.460. The minimum atomic E-state index is -0.752. The summed E-state index contributed by atoms with van der Waals surface area (Å²) in [6.45, 7) is 3.47. The molecule has 0 radical (unpaired) electrons. The molecule has 0 spiro atoms. The van der Waals surface area contributed by atoms with Gasteiger partial charge in [0.15, 0.2) is 11.6 Å². The van der Waals surface area contributed by atoms with E-state index in [0.717, 1.165) is 38.5 Å². The molecule has 0 aromatic heterocycles. The molecule has 1 aliphatic heterocycles. The van der Waals surface area contributed by atoms with Gasteiger partial charge < -0.3 is 5.32 Å². The first-order chi connectivity index (χ1) is 8.70. The number of halogens is 2. The van der Waals surface area contributed by atoms with Crippen molar-refractivity contribution in [3.05, 3.63) is 35.4 Å². The maximum absolute atomic E-state index is 13.5. The van der Waals surface area contributed by atoms with Crippen molar-refractivity contribution in [2.24, 2.45) is 5.92 Å². The van der Waals surface area contributed by atoms with E-state index in [-0.39, 0.29) is 0 Å². The van der Waals surface area contributed by atoms with Crippen molar-refractivity contribution < 1.29 is 8.78 Å². The summed E-state index contributed by atoms with van der Waals surface area (Å²) in [4.78, 5) is 2.20. The van der Waals surface area contributed by atoms with Gasteiger partial charge in [-0.25, -0.2) is 8.78 Å². The van der Waals surface area contributed by atoms with Crippen LogP contribution in [0, 0.1) is 17.6 Å². The van der Waals surface area contributed by atoms with E-state index in [4.69, 9.17) is 0 Å². The average Bonchev–Trinajstić information content (AvgIpc) is 2.38. The molecular formula is C14H20F2N2. The molecule has 0 unspecified atom stereocenters. The Morgan fingerprint density at radius 3 is 2.67 bits per heavy atom. The number of nitrogens with zero attached hydrogens (tertiary/aromatic N) is 1. The van der Waals surface area contributed by atoms with Gasteiger partial charge in [-0.2, -0.15) is 0 Å². The topological polar surface area (TPSA) is 15.3 Å². The Bertz CT molecular complexity index is 387. The molecule has 2 nitrogen and oxygen atoms in total. The van der Waals surface area contributed by atoms with Gasteiger partial charge in [-0.1, -0.05) is 12.1 Å². The van der Waals surface area contributed by atoms with Crippen molar-refractivity contribution in [1.29, 1.82) is 0 Å². The van der Waals surface area contributed by atoms with Crippen molar-refractivity contribution in [1.82, 2.24) is 10.2 Å². The predicted octanol–water partition coefficient (Wildman–Crippen LogP) is 2.40. The summed E-state index contributed by atoms with van der Waals surface area (Å²) in [5.41, 5.74) is 0.460. The Hall–Kier alpha value is -1.00. The van der Waals surface area contributed by atoms with Gasteiger partial charge in [-0.15, -0.1) is 0 Å². The van der Waals surface area contributed by atoms with Crippen LogP contribution in [-0.2, 0) is 6.54 Å². The lowest BCUT2D eigenvalue weighted by Crippen LogP contribution is -2.36. The molecule has 1 fully saturated rings. The fourth-order valence-corrected chi connectivity index (χ4v) is 2.55. The highest BCUT2D eigenvalue weighted by Gasteiger charge is 2.19. The maximum Gasteiger partial charge on any atom is 0.163 e. The molecule has 0 bridgehead atoms. The number of likely N-dealkylation sites (tertiary alicyclic amines) is 1. The van der Waals surface area contributed by atoms with Gasteiger partial charge in [-0.05, 0) is 51.5 Å². The first kappa shape index (κ1) is 13.4. The van der Waals surface area contributed by atoms with Gasteiger partial charge in [0.2, 0.25) is 0 Å². The molecule has 18 heavy (non-hydrogen) atoms. The molecule has 0 atom stereocenters. The Labute approximate surface area is 107 Å². The first-order valence-electron chi connectivity index (χ1n) is 6.50. The van der Waals surface area contributed by atoms with Crippen LogP contribution in [-0.4, -0.2) is 31.6 Å². The fraction of sp³-hybridized carbons (Fsp3) is 0.571. The Morgan fingerprint density at radius 2 is 2.00 bits per heavy atom. The average molecular weight is 254 g/mol. The zero-order valence-corrected chi connectivity index (χ0v) is 10.8. The number of piperidine rings is 1. The monoisotopic (exact) mass is 254 g/mol. The third kappa shape index (κ3) is 3.27. The summed E-state index contributed by atoms with van der Waals surface area (Å²) < 4.78 is 26.6. The molecule has 1 aromatic rings. The SMILES string of the molecule is CNCC1CCN(Cc2cccc(F)c2F)CC1. The van der Waals surface area contributed by atoms with Crippen LogP contribution >= 0.6 is 0 Å². The van der Waals surface area contributed by atoms with Crippen LogP contribution in [0.5, 0.6) is 0 Å². The summed E-state index contributed by atoms with van der Waals surface area (Å²) in [5.74, 6) is -0.740. The van der Waals surface area contributed by atoms with Gasteiger partial charge in [0.1, 0.15) is 0 Å². The highest BCUT2D eigenvalue weighted by molar-refractivity contribution is 5.18. The number of benzene rings is 1. The third-order valence-corrected chi connectivity index (χ3v) is 3.63. The maximum atomic E-state index is 13.5. The molecule has 1 N–H and O–H groups in total. The molecule has 1 aliphatic rings. The lowest BCUT2D eigenvalue weighted by atomic mass is 9.96. The summed E-state index contributed by atoms with van der Waals surface area (Å²) in [6.07, 6.45) is 2.25. The van der Waals surface area contributed by atoms with E-state index < -0.39 is 11.6 Å². The van der Waals surface area contributed by atoms with Crippen LogP contribution in [0.1, 0.15) is 18.4 Å². The van der Waals surface area contributed by atoms with E-state index in [1.165, 1.54) is 0 Å². The lowest BCUT2D eigenvalue weighted by Gasteiger charge is -2.31. The number of nitrogens with one attached hydrogen (secondary N) is 1. The van der Waals surface area contributed by atoms with Crippen molar-refractivity contribution in [3.8, 4) is 0 Å². The van der Waals surface area contributed by atoms with Crippen molar-refractivity contribution in [3.63, 3.8) is 0 Å². The first-order valence-corrected chi connectivity index (χ1v) is 6.50. The van der Waals surface area contributed by atoms with E-state index >= 15 is 0 Å². The van der Waals surface area contributed by atoms with Gasteiger partial charge >= 0.3 is 0 Å². The van der Waals surface area contributed by atoms with E-state index in [9.17, 15) is 8.78 Å². The van der Waals surface area contributed by atoms with E-state index in [1.54, 1.807) is 12.1 Å². The van der Waals surface area contributed by atoms with Gasteiger partial charge in [0.25, 0.3) is 0 Å². The van der Waals surface area contributed by atoms with E-state index in [2.05, 4.69) is 10.2 Å². The predicted molar refractivity (Wildman–Crippen MR) is 68.3 cm³/mol. The molecule has 4 heteroatoms. The molecule has 0 amide bonds. The standard InChI is InChI=1S/C14H20F2N2/c1-17-9-11-5-7-18(8-6-11)10-12-3-2-4-13(15)14(12)16/h2-4,11,17H,5-10H2,1H3. The second kappa shape index (κ2) is 6.25. The van der Waals surface area contributed by atoms with Crippen LogP contribution in [0.25, 0.3) is 0 Å². The quantitative estimate of drug-likeness (QED) is 0.887. The van der Waals surface area contributed by atoms with Crippen LogP contribution in [0.2, 0.25) is 0 Å². The zero-order valence-electron chi connectivity index (χ0n) is 10.8. The second-order valence-corrected chi connectivity index (χ2v) is 4.99. The molecule has 1 saturated heterocycles. The Kier molecular flexibility index (Phi) is 4.66.